The largest absolute Gasteiger partial charge is 0.441 e. The fourth-order valence-electron chi connectivity index (χ4n) is 0.519. The Morgan fingerprint density at radius 3 is 2.33 bits per heavy atom. The van der Waals surface area contributed by atoms with E-state index >= 15 is 0 Å². The fraction of sp³-hybridized carbons (Fsp3) is 0.600. The van der Waals surface area contributed by atoms with Crippen LogP contribution >= 0.6 is 0 Å². The number of ether oxygens (including phenoxy) is 1. The molecule has 1 amide bonds. The average molecular weight is 215 g/mol. The summed E-state index contributed by atoms with van der Waals surface area (Å²) in [5, 5.41) is 0. The minimum Gasteiger partial charge on any atom is -0.441 e. The molecule has 0 saturated carbocycles. The SMILES string of the molecule is C=C(C)C(=O)ONC(=O)OC(C)(C)CC. The first-order valence-corrected chi connectivity index (χ1v) is 4.64. The van der Waals surface area contributed by atoms with Crippen LogP contribution in [-0.2, 0) is 14.4 Å². The van der Waals surface area contributed by atoms with Crippen LogP contribution in [0.2, 0.25) is 0 Å². The molecule has 5 nitrogen and oxygen atoms in total. The molecule has 0 bridgehead atoms. The fourth-order valence-corrected chi connectivity index (χ4v) is 0.519. The molecule has 0 radical (unpaired) electrons. The van der Waals surface area contributed by atoms with Crippen LogP contribution < -0.4 is 5.48 Å². The van der Waals surface area contributed by atoms with Gasteiger partial charge in [-0.05, 0) is 27.2 Å². The van der Waals surface area contributed by atoms with Crippen molar-refractivity contribution in [2.75, 3.05) is 0 Å². The lowest BCUT2D eigenvalue weighted by atomic mass is 10.1. The number of nitrogens with one attached hydrogen (secondary N) is 1. The van der Waals surface area contributed by atoms with Crippen molar-refractivity contribution in [3.05, 3.63) is 12.2 Å². The van der Waals surface area contributed by atoms with E-state index in [2.05, 4.69) is 11.4 Å². The molecule has 0 aliphatic rings. The summed E-state index contributed by atoms with van der Waals surface area (Å²) in [7, 11) is 0. The Balaban J connectivity index is 3.96. The predicted molar refractivity (Wildman–Crippen MR) is 54.9 cm³/mol. The van der Waals surface area contributed by atoms with Gasteiger partial charge in [0.25, 0.3) is 0 Å². The Kier molecular flexibility index (Phi) is 4.84. The molecule has 1 N–H and O–H groups in total. The van der Waals surface area contributed by atoms with Crippen molar-refractivity contribution >= 4 is 12.1 Å². The Bertz CT molecular complexity index is 271. The molecule has 0 heterocycles. The van der Waals surface area contributed by atoms with Crippen LogP contribution in [0.1, 0.15) is 34.1 Å². The minimum atomic E-state index is -0.795. The third-order valence-electron chi connectivity index (χ3n) is 1.80. The van der Waals surface area contributed by atoms with E-state index in [1.165, 1.54) is 6.92 Å². The standard InChI is InChI=1S/C10H17NO4/c1-6-10(4,5)14-9(13)11-15-8(12)7(2)3/h2,6H2,1,3-5H3,(H,11,13). The molecule has 0 aliphatic heterocycles. The average Bonchev–Trinajstić information content (AvgIpc) is 2.13. The molecule has 5 heteroatoms. The van der Waals surface area contributed by atoms with Crippen molar-refractivity contribution in [1.29, 1.82) is 0 Å². The maximum absolute atomic E-state index is 11.1. The van der Waals surface area contributed by atoms with Gasteiger partial charge in [-0.1, -0.05) is 13.5 Å². The lowest BCUT2D eigenvalue weighted by Gasteiger charge is -2.22. The molecular weight excluding hydrogens is 198 g/mol. The lowest BCUT2D eigenvalue weighted by Crippen LogP contribution is -2.35. The van der Waals surface area contributed by atoms with E-state index in [-0.39, 0.29) is 5.57 Å². The van der Waals surface area contributed by atoms with E-state index in [0.29, 0.717) is 6.42 Å². The Hall–Kier alpha value is -1.52. The Labute approximate surface area is 89.4 Å². The first-order chi connectivity index (χ1) is 6.78. The second-order valence-electron chi connectivity index (χ2n) is 3.77. The quantitative estimate of drug-likeness (QED) is 0.577. The van der Waals surface area contributed by atoms with Gasteiger partial charge in [-0.15, -0.1) is 5.48 Å². The molecule has 0 fully saturated rings. The van der Waals surface area contributed by atoms with Gasteiger partial charge in [0.15, 0.2) is 0 Å². The number of carbonyl (C=O) groups excluding carboxylic acids is 2. The van der Waals surface area contributed by atoms with Gasteiger partial charge in [0, 0.05) is 5.57 Å². The molecule has 86 valence electrons. The van der Waals surface area contributed by atoms with Gasteiger partial charge in [0.05, 0.1) is 0 Å². The molecule has 0 unspecified atom stereocenters. The van der Waals surface area contributed by atoms with Crippen LogP contribution in [0.3, 0.4) is 0 Å². The predicted octanol–water partition coefficient (Wildman–Crippen LogP) is 1.94. The lowest BCUT2D eigenvalue weighted by molar-refractivity contribution is -0.145. The van der Waals surface area contributed by atoms with E-state index < -0.39 is 17.7 Å². The summed E-state index contributed by atoms with van der Waals surface area (Å²) in [6, 6.07) is 0. The summed E-state index contributed by atoms with van der Waals surface area (Å²) in [5.41, 5.74) is 1.50. The third-order valence-corrected chi connectivity index (χ3v) is 1.80. The zero-order valence-electron chi connectivity index (χ0n) is 9.55. The second kappa shape index (κ2) is 5.38. The van der Waals surface area contributed by atoms with Crippen LogP contribution in [0.5, 0.6) is 0 Å². The van der Waals surface area contributed by atoms with Crippen molar-refractivity contribution in [3.8, 4) is 0 Å². The number of amides is 1. The Morgan fingerprint density at radius 1 is 1.40 bits per heavy atom. The van der Waals surface area contributed by atoms with Gasteiger partial charge in [-0.3, -0.25) is 0 Å². The molecule has 0 saturated heterocycles. The molecule has 0 rings (SSSR count). The van der Waals surface area contributed by atoms with E-state index in [0.717, 1.165) is 0 Å². The van der Waals surface area contributed by atoms with Crippen molar-refractivity contribution < 1.29 is 19.2 Å². The molecule has 0 atom stereocenters. The van der Waals surface area contributed by atoms with Crippen molar-refractivity contribution in [1.82, 2.24) is 5.48 Å². The van der Waals surface area contributed by atoms with E-state index in [9.17, 15) is 9.59 Å². The topological polar surface area (TPSA) is 64.6 Å². The third kappa shape index (κ3) is 5.72. The van der Waals surface area contributed by atoms with Crippen molar-refractivity contribution in [3.63, 3.8) is 0 Å². The van der Waals surface area contributed by atoms with Gasteiger partial charge in [-0.25, -0.2) is 9.59 Å². The number of hydrogen-bond donors (Lipinski definition) is 1. The normalized spacial score (nSPS) is 10.4. The van der Waals surface area contributed by atoms with Crippen LogP contribution in [-0.4, -0.2) is 17.7 Å². The van der Waals surface area contributed by atoms with Crippen LogP contribution in [0.4, 0.5) is 4.79 Å². The summed E-state index contributed by atoms with van der Waals surface area (Å²) in [6.45, 7) is 10.2. The van der Waals surface area contributed by atoms with E-state index in [1.54, 1.807) is 13.8 Å². The van der Waals surface area contributed by atoms with Crippen LogP contribution in [0.25, 0.3) is 0 Å². The number of rotatable bonds is 3. The Morgan fingerprint density at radius 2 is 1.93 bits per heavy atom. The summed E-state index contributed by atoms with van der Waals surface area (Å²) < 4.78 is 4.96. The number of hydrogen-bond acceptors (Lipinski definition) is 4. The van der Waals surface area contributed by atoms with Gasteiger partial charge >= 0.3 is 12.1 Å². The minimum absolute atomic E-state index is 0.199. The molecule has 0 aromatic carbocycles. The summed E-state index contributed by atoms with van der Waals surface area (Å²) in [6.07, 6.45) is -0.133. The summed E-state index contributed by atoms with van der Waals surface area (Å²) >= 11 is 0. The molecular formula is C10H17NO4. The van der Waals surface area contributed by atoms with Gasteiger partial charge in [-0.2, -0.15) is 0 Å². The van der Waals surface area contributed by atoms with E-state index in [1.807, 2.05) is 12.4 Å². The highest BCUT2D eigenvalue weighted by atomic mass is 16.7. The van der Waals surface area contributed by atoms with E-state index in [4.69, 9.17) is 4.74 Å². The van der Waals surface area contributed by atoms with Gasteiger partial charge < -0.3 is 9.57 Å². The maximum Gasteiger partial charge on any atom is 0.441 e. The summed E-state index contributed by atoms with van der Waals surface area (Å²) in [5.74, 6) is -0.693. The first-order valence-electron chi connectivity index (χ1n) is 4.64. The summed E-state index contributed by atoms with van der Waals surface area (Å²) in [4.78, 5) is 26.4. The highest BCUT2D eigenvalue weighted by molar-refractivity contribution is 5.87. The zero-order chi connectivity index (χ0) is 12.1. The number of carbonyl (C=O) groups is 2. The van der Waals surface area contributed by atoms with Crippen molar-refractivity contribution in [2.45, 2.75) is 39.7 Å². The molecule has 0 aromatic rings. The van der Waals surface area contributed by atoms with Gasteiger partial charge in [0.1, 0.15) is 5.60 Å². The second-order valence-corrected chi connectivity index (χ2v) is 3.77. The van der Waals surface area contributed by atoms with Crippen LogP contribution in [0, 0.1) is 0 Å². The molecule has 0 spiro atoms. The van der Waals surface area contributed by atoms with Crippen LogP contribution in [0.15, 0.2) is 12.2 Å². The maximum atomic E-state index is 11.1. The highest BCUT2D eigenvalue weighted by Gasteiger charge is 2.21. The monoisotopic (exact) mass is 215 g/mol. The molecule has 0 aliphatic carbocycles. The van der Waals surface area contributed by atoms with Crippen molar-refractivity contribution in [2.24, 2.45) is 0 Å². The highest BCUT2D eigenvalue weighted by Crippen LogP contribution is 2.13. The molecule has 15 heavy (non-hydrogen) atoms. The number of hydroxylamine groups is 1. The van der Waals surface area contributed by atoms with Gasteiger partial charge in [0.2, 0.25) is 0 Å². The first kappa shape index (κ1) is 13.5. The smallest absolute Gasteiger partial charge is 0.441 e. The zero-order valence-corrected chi connectivity index (χ0v) is 9.55. The molecule has 0 aromatic heterocycles.